The minimum absolute atomic E-state index is 0.0517. The van der Waals surface area contributed by atoms with Gasteiger partial charge in [0.2, 0.25) is 5.76 Å². The highest BCUT2D eigenvalue weighted by atomic mass is 16.3. The lowest BCUT2D eigenvalue weighted by atomic mass is 9.83. The number of para-hydroxylation sites is 1. The van der Waals surface area contributed by atoms with Crippen LogP contribution >= 0.6 is 0 Å². The summed E-state index contributed by atoms with van der Waals surface area (Å²) in [5.74, 6) is -0.817. The summed E-state index contributed by atoms with van der Waals surface area (Å²) in [5.41, 5.74) is 4.81. The third-order valence-electron chi connectivity index (χ3n) is 8.78. The number of rotatable bonds is 5. The van der Waals surface area contributed by atoms with E-state index in [1.165, 1.54) is 0 Å². The zero-order chi connectivity index (χ0) is 29.2. The van der Waals surface area contributed by atoms with E-state index in [0.29, 0.717) is 35.2 Å². The van der Waals surface area contributed by atoms with Gasteiger partial charge >= 0.3 is 0 Å². The van der Waals surface area contributed by atoms with Crippen molar-refractivity contribution in [3.8, 4) is 0 Å². The summed E-state index contributed by atoms with van der Waals surface area (Å²) in [6, 6.07) is 29.0. The molecule has 0 bridgehead atoms. The summed E-state index contributed by atoms with van der Waals surface area (Å²) in [7, 11) is 0. The molecule has 1 atom stereocenters. The number of amides is 2. The molecule has 0 N–H and O–H groups in total. The van der Waals surface area contributed by atoms with Crippen LogP contribution in [-0.2, 0) is 23.3 Å². The standard InChI is InChI=1S/C36H30N2O4/c1-22-13-15-26(16-14-22)21-37-29-12-8-7-11-28(29)36(35(37)41)31-32(39)27-19-23(2)24(3)20-30(27)42-33(31)34(40)38(36)18-17-25-9-5-4-6-10-25/h4-16,19-20H,17-18,21H2,1-3H3. The smallest absolute Gasteiger partial charge is 0.291 e. The second kappa shape index (κ2) is 9.55. The second-order valence-corrected chi connectivity index (χ2v) is 11.4. The van der Waals surface area contributed by atoms with E-state index in [0.717, 1.165) is 27.8 Å². The fourth-order valence-corrected chi connectivity index (χ4v) is 6.46. The number of fused-ring (bicyclic) bond motifs is 5. The van der Waals surface area contributed by atoms with Gasteiger partial charge in [-0.2, -0.15) is 0 Å². The number of hydrogen-bond acceptors (Lipinski definition) is 4. The second-order valence-electron chi connectivity index (χ2n) is 11.4. The number of carbonyl (C=O) groups is 2. The Labute approximate surface area is 243 Å². The maximum absolute atomic E-state index is 14.9. The summed E-state index contributed by atoms with van der Waals surface area (Å²) in [5, 5.41) is 0.371. The molecule has 208 valence electrons. The van der Waals surface area contributed by atoms with Crippen LogP contribution in [0.4, 0.5) is 5.69 Å². The molecule has 6 nitrogen and oxygen atoms in total. The van der Waals surface area contributed by atoms with Crippen molar-refractivity contribution < 1.29 is 14.0 Å². The van der Waals surface area contributed by atoms with Crippen LogP contribution in [0, 0.1) is 20.8 Å². The van der Waals surface area contributed by atoms with E-state index in [2.05, 4.69) is 0 Å². The Hall–Kier alpha value is -4.97. The van der Waals surface area contributed by atoms with E-state index in [4.69, 9.17) is 4.42 Å². The Morgan fingerprint density at radius 2 is 1.45 bits per heavy atom. The van der Waals surface area contributed by atoms with Gasteiger partial charge in [-0.25, -0.2) is 0 Å². The first-order valence-electron chi connectivity index (χ1n) is 14.2. The number of anilines is 1. The van der Waals surface area contributed by atoms with Crippen LogP contribution in [-0.4, -0.2) is 23.3 Å². The average Bonchev–Trinajstić information content (AvgIpc) is 3.38. The zero-order valence-corrected chi connectivity index (χ0v) is 23.8. The van der Waals surface area contributed by atoms with Crippen molar-refractivity contribution in [3.63, 3.8) is 0 Å². The number of benzene rings is 4. The normalized spacial score (nSPS) is 17.4. The maximum Gasteiger partial charge on any atom is 0.291 e. The van der Waals surface area contributed by atoms with E-state index in [1.54, 1.807) is 21.9 Å². The Morgan fingerprint density at radius 1 is 0.762 bits per heavy atom. The Balaban J connectivity index is 1.47. The van der Waals surface area contributed by atoms with Crippen molar-refractivity contribution in [2.75, 3.05) is 11.4 Å². The Bertz CT molecular complexity index is 1960. The maximum atomic E-state index is 14.9. The van der Waals surface area contributed by atoms with Crippen molar-refractivity contribution in [1.82, 2.24) is 4.90 Å². The van der Waals surface area contributed by atoms with Crippen LogP contribution < -0.4 is 10.3 Å². The first-order valence-corrected chi connectivity index (χ1v) is 14.2. The van der Waals surface area contributed by atoms with Gasteiger partial charge < -0.3 is 14.2 Å². The molecule has 2 aliphatic heterocycles. The average molecular weight is 555 g/mol. The highest BCUT2D eigenvalue weighted by molar-refractivity contribution is 6.17. The highest BCUT2D eigenvalue weighted by Crippen LogP contribution is 2.53. The van der Waals surface area contributed by atoms with Gasteiger partial charge in [0.1, 0.15) is 5.58 Å². The van der Waals surface area contributed by atoms with Gasteiger partial charge in [0.05, 0.1) is 23.2 Å². The van der Waals surface area contributed by atoms with Crippen LogP contribution in [0.3, 0.4) is 0 Å². The lowest BCUT2D eigenvalue weighted by Crippen LogP contribution is -2.53. The molecule has 6 heteroatoms. The summed E-state index contributed by atoms with van der Waals surface area (Å²) in [6.07, 6.45) is 0.516. The molecular weight excluding hydrogens is 524 g/mol. The monoisotopic (exact) mass is 554 g/mol. The minimum Gasteiger partial charge on any atom is -0.450 e. The van der Waals surface area contributed by atoms with Gasteiger partial charge in [0.15, 0.2) is 11.0 Å². The molecule has 4 aromatic carbocycles. The molecule has 0 saturated carbocycles. The number of hydrogen-bond donors (Lipinski definition) is 0. The third kappa shape index (κ3) is 3.68. The van der Waals surface area contributed by atoms with E-state index in [-0.39, 0.29) is 29.2 Å². The van der Waals surface area contributed by atoms with Crippen molar-refractivity contribution in [3.05, 3.63) is 146 Å². The van der Waals surface area contributed by atoms with Gasteiger partial charge in [-0.1, -0.05) is 78.4 Å². The van der Waals surface area contributed by atoms with Crippen molar-refractivity contribution in [1.29, 1.82) is 0 Å². The number of carbonyl (C=O) groups excluding carboxylic acids is 2. The van der Waals surface area contributed by atoms with Crippen LogP contribution in [0.2, 0.25) is 0 Å². The SMILES string of the molecule is Cc1ccc(CN2C(=O)C3(c4ccccc42)c2c(oc4cc(C)c(C)cc4c2=O)C(=O)N3CCc2ccccc2)cc1. The third-order valence-corrected chi connectivity index (χ3v) is 8.78. The fourth-order valence-electron chi connectivity index (χ4n) is 6.46. The molecule has 1 spiro atoms. The molecule has 42 heavy (non-hydrogen) atoms. The molecule has 1 unspecified atom stereocenters. The largest absolute Gasteiger partial charge is 0.450 e. The van der Waals surface area contributed by atoms with Crippen LogP contribution in [0.25, 0.3) is 11.0 Å². The van der Waals surface area contributed by atoms with Gasteiger partial charge in [-0.15, -0.1) is 0 Å². The van der Waals surface area contributed by atoms with E-state index in [9.17, 15) is 14.4 Å². The van der Waals surface area contributed by atoms with E-state index in [1.807, 2.05) is 99.6 Å². The van der Waals surface area contributed by atoms with E-state index < -0.39 is 11.4 Å². The van der Waals surface area contributed by atoms with Crippen molar-refractivity contribution >= 4 is 28.5 Å². The molecule has 5 aromatic rings. The minimum atomic E-state index is -1.63. The number of aryl methyl sites for hydroxylation is 3. The molecule has 7 rings (SSSR count). The molecule has 0 fully saturated rings. The van der Waals surface area contributed by atoms with Crippen LogP contribution in [0.5, 0.6) is 0 Å². The molecule has 0 aliphatic carbocycles. The summed E-state index contributed by atoms with van der Waals surface area (Å²) in [6.45, 7) is 6.45. The molecule has 0 saturated heterocycles. The van der Waals surface area contributed by atoms with Gasteiger partial charge in [-0.05, 0) is 67.6 Å². The summed E-state index contributed by atoms with van der Waals surface area (Å²) < 4.78 is 6.27. The lowest BCUT2D eigenvalue weighted by molar-refractivity contribution is -0.126. The Kier molecular flexibility index (Phi) is 5.91. The van der Waals surface area contributed by atoms with Gasteiger partial charge in [-0.3, -0.25) is 14.4 Å². The molecule has 2 aliphatic rings. The van der Waals surface area contributed by atoms with Crippen molar-refractivity contribution in [2.24, 2.45) is 0 Å². The first-order chi connectivity index (χ1) is 20.3. The molecule has 3 heterocycles. The summed E-state index contributed by atoms with van der Waals surface area (Å²) >= 11 is 0. The molecule has 2 amide bonds. The Morgan fingerprint density at radius 3 is 2.21 bits per heavy atom. The number of nitrogens with zero attached hydrogens (tertiary/aromatic N) is 2. The molecule has 0 radical (unpaired) electrons. The molecule has 1 aromatic heterocycles. The first kappa shape index (κ1) is 26.0. The van der Waals surface area contributed by atoms with Crippen LogP contribution in [0.15, 0.2) is 100 Å². The van der Waals surface area contributed by atoms with Gasteiger partial charge in [0.25, 0.3) is 11.8 Å². The lowest BCUT2D eigenvalue weighted by Gasteiger charge is -2.34. The van der Waals surface area contributed by atoms with Crippen LogP contribution in [0.1, 0.15) is 49.5 Å². The fraction of sp³-hybridized carbons (Fsp3) is 0.194. The van der Waals surface area contributed by atoms with E-state index >= 15 is 0 Å². The predicted molar refractivity (Wildman–Crippen MR) is 163 cm³/mol. The predicted octanol–water partition coefficient (Wildman–Crippen LogP) is 6.21. The highest BCUT2D eigenvalue weighted by Gasteiger charge is 2.64. The topological polar surface area (TPSA) is 70.8 Å². The summed E-state index contributed by atoms with van der Waals surface area (Å²) in [4.78, 5) is 47.0. The quantitative estimate of drug-likeness (QED) is 0.259. The molecular formula is C36H30N2O4. The van der Waals surface area contributed by atoms with Gasteiger partial charge in [0, 0.05) is 12.1 Å². The zero-order valence-electron chi connectivity index (χ0n) is 23.8. The van der Waals surface area contributed by atoms with Crippen molar-refractivity contribution in [2.45, 2.75) is 39.3 Å².